The Hall–Kier alpha value is -3.07. The molecule has 2 amide bonds. The van der Waals surface area contributed by atoms with E-state index in [1.807, 2.05) is 44.2 Å². The zero-order valence-corrected chi connectivity index (χ0v) is 24.7. The average molecular weight is 591 g/mol. The number of aryl methyl sites for hydroxylation is 1. The number of sulfonamides is 1. The van der Waals surface area contributed by atoms with Gasteiger partial charge in [-0.05, 0) is 55.7 Å². The molecule has 0 aliphatic heterocycles. The summed E-state index contributed by atoms with van der Waals surface area (Å²) in [6.07, 6.45) is 1.29. The minimum atomic E-state index is -3.83. The van der Waals surface area contributed by atoms with Crippen LogP contribution in [0, 0.1) is 6.92 Å². The first-order chi connectivity index (χ1) is 18.4. The second-order valence-electron chi connectivity index (χ2n) is 9.70. The van der Waals surface area contributed by atoms with E-state index in [9.17, 15) is 18.0 Å². The zero-order valence-electron chi connectivity index (χ0n) is 22.4. The number of nitrogens with one attached hydrogen (secondary N) is 1. The molecule has 0 fully saturated rings. The number of hydrogen-bond donors (Lipinski definition) is 1. The molecule has 208 valence electrons. The Bertz CT molecular complexity index is 1420. The predicted molar refractivity (Wildman–Crippen MR) is 158 cm³/mol. The molecule has 0 radical (unpaired) electrons. The van der Waals surface area contributed by atoms with Crippen LogP contribution in [0.15, 0.2) is 72.8 Å². The first kappa shape index (κ1) is 30.5. The van der Waals surface area contributed by atoms with Crippen molar-refractivity contribution in [3.8, 4) is 0 Å². The van der Waals surface area contributed by atoms with E-state index in [2.05, 4.69) is 5.32 Å². The van der Waals surface area contributed by atoms with Crippen molar-refractivity contribution in [3.63, 3.8) is 0 Å². The van der Waals surface area contributed by atoms with Crippen molar-refractivity contribution < 1.29 is 18.0 Å². The molecule has 3 aromatic rings. The van der Waals surface area contributed by atoms with Gasteiger partial charge in [-0.1, -0.05) is 77.8 Å². The summed E-state index contributed by atoms with van der Waals surface area (Å²) in [6, 6.07) is 20.2. The van der Waals surface area contributed by atoms with E-state index >= 15 is 0 Å². The molecular formula is C29H33Cl2N3O4S. The number of benzene rings is 3. The highest BCUT2D eigenvalue weighted by atomic mass is 35.5. The van der Waals surface area contributed by atoms with Crippen LogP contribution in [0.3, 0.4) is 0 Å². The van der Waals surface area contributed by atoms with Crippen molar-refractivity contribution >= 4 is 50.7 Å². The van der Waals surface area contributed by atoms with E-state index in [1.54, 1.807) is 49.4 Å². The van der Waals surface area contributed by atoms with Crippen LogP contribution in [0.4, 0.5) is 5.69 Å². The number of anilines is 1. The van der Waals surface area contributed by atoms with Crippen LogP contribution in [-0.2, 0) is 32.6 Å². The van der Waals surface area contributed by atoms with E-state index in [1.165, 1.54) is 4.90 Å². The van der Waals surface area contributed by atoms with Crippen molar-refractivity contribution in [2.75, 3.05) is 17.1 Å². The lowest BCUT2D eigenvalue weighted by Gasteiger charge is -2.34. The molecule has 0 bridgehead atoms. The second kappa shape index (κ2) is 13.3. The molecule has 1 unspecified atom stereocenters. The van der Waals surface area contributed by atoms with E-state index in [-0.39, 0.29) is 24.9 Å². The smallest absolute Gasteiger partial charge is 0.244 e. The highest BCUT2D eigenvalue weighted by molar-refractivity contribution is 7.92. The number of hydrogen-bond acceptors (Lipinski definition) is 4. The Morgan fingerprint density at radius 1 is 0.897 bits per heavy atom. The Morgan fingerprint density at radius 3 is 2.13 bits per heavy atom. The van der Waals surface area contributed by atoms with Gasteiger partial charge in [0.1, 0.15) is 12.6 Å². The third-order valence-corrected chi connectivity index (χ3v) is 7.97. The maximum absolute atomic E-state index is 14.0. The van der Waals surface area contributed by atoms with Gasteiger partial charge in [-0.25, -0.2) is 8.42 Å². The summed E-state index contributed by atoms with van der Waals surface area (Å²) in [5.41, 5.74) is 2.60. The monoisotopic (exact) mass is 589 g/mol. The highest BCUT2D eigenvalue weighted by Crippen LogP contribution is 2.26. The number of halogens is 2. The van der Waals surface area contributed by atoms with E-state index in [0.29, 0.717) is 26.9 Å². The summed E-state index contributed by atoms with van der Waals surface area (Å²) in [6.45, 7) is 4.99. The molecular weight excluding hydrogens is 557 g/mol. The first-order valence-corrected chi connectivity index (χ1v) is 15.1. The number of carbonyl (C=O) groups excluding carboxylic acids is 2. The van der Waals surface area contributed by atoms with E-state index < -0.39 is 28.5 Å². The van der Waals surface area contributed by atoms with Gasteiger partial charge in [0.05, 0.1) is 22.0 Å². The van der Waals surface area contributed by atoms with Gasteiger partial charge in [-0.2, -0.15) is 0 Å². The summed E-state index contributed by atoms with van der Waals surface area (Å²) in [4.78, 5) is 29.0. The standard InChI is InChI=1S/C29H33Cl2N3O4S/c1-20(2)32-29(36)27(17-22-11-6-5-7-12-22)33(18-23-14-15-24(30)25(31)16-23)28(35)19-34(39(4,37)38)26-13-9-8-10-21(26)3/h5-16,20,27H,17-19H2,1-4H3,(H,32,36). The second-order valence-corrected chi connectivity index (χ2v) is 12.4. The fraction of sp³-hybridized carbons (Fsp3) is 0.310. The van der Waals surface area contributed by atoms with E-state index in [0.717, 1.165) is 16.1 Å². The molecule has 0 aliphatic rings. The molecule has 0 spiro atoms. The zero-order chi connectivity index (χ0) is 28.7. The molecule has 3 rings (SSSR count). The average Bonchev–Trinajstić information content (AvgIpc) is 2.86. The normalized spacial score (nSPS) is 12.2. The number of amides is 2. The first-order valence-electron chi connectivity index (χ1n) is 12.5. The highest BCUT2D eigenvalue weighted by Gasteiger charge is 2.33. The SMILES string of the molecule is Cc1ccccc1N(CC(=O)N(Cc1ccc(Cl)c(Cl)c1)C(Cc1ccccc1)C(=O)NC(C)C)S(C)(=O)=O. The van der Waals surface area contributed by atoms with Gasteiger partial charge < -0.3 is 10.2 Å². The maximum Gasteiger partial charge on any atom is 0.244 e. The Kier molecular flexibility index (Phi) is 10.4. The summed E-state index contributed by atoms with van der Waals surface area (Å²) >= 11 is 12.4. The molecule has 10 heteroatoms. The summed E-state index contributed by atoms with van der Waals surface area (Å²) in [5.74, 6) is -0.876. The molecule has 0 aromatic heterocycles. The Labute approximate surface area is 240 Å². The topological polar surface area (TPSA) is 86.8 Å². The maximum atomic E-state index is 14.0. The molecule has 1 N–H and O–H groups in total. The Morgan fingerprint density at radius 2 is 1.54 bits per heavy atom. The number of para-hydroxylation sites is 1. The number of rotatable bonds is 11. The fourth-order valence-corrected chi connectivity index (χ4v) is 5.44. The van der Waals surface area contributed by atoms with Crippen molar-refractivity contribution in [3.05, 3.63) is 99.5 Å². The largest absolute Gasteiger partial charge is 0.352 e. The van der Waals surface area contributed by atoms with Crippen LogP contribution < -0.4 is 9.62 Å². The fourth-order valence-electron chi connectivity index (χ4n) is 4.21. The quantitative estimate of drug-likeness (QED) is 0.331. The van der Waals surface area contributed by atoms with Crippen molar-refractivity contribution in [2.24, 2.45) is 0 Å². The van der Waals surface area contributed by atoms with Crippen LogP contribution in [0.1, 0.15) is 30.5 Å². The van der Waals surface area contributed by atoms with Gasteiger partial charge in [0.15, 0.2) is 0 Å². The minimum absolute atomic E-state index is 0.0180. The number of nitrogens with zero attached hydrogens (tertiary/aromatic N) is 2. The predicted octanol–water partition coefficient (Wildman–Crippen LogP) is 5.23. The van der Waals surface area contributed by atoms with Crippen LogP contribution in [0.5, 0.6) is 0 Å². The molecule has 0 saturated carbocycles. The summed E-state index contributed by atoms with van der Waals surface area (Å²) < 4.78 is 26.8. The van der Waals surface area contributed by atoms with Crippen molar-refractivity contribution in [1.82, 2.24) is 10.2 Å². The lowest BCUT2D eigenvalue weighted by molar-refractivity contribution is -0.140. The van der Waals surface area contributed by atoms with Gasteiger partial charge in [-0.15, -0.1) is 0 Å². The number of carbonyl (C=O) groups is 2. The van der Waals surface area contributed by atoms with Gasteiger partial charge in [0, 0.05) is 19.0 Å². The van der Waals surface area contributed by atoms with Gasteiger partial charge in [0.25, 0.3) is 0 Å². The third kappa shape index (κ3) is 8.46. The summed E-state index contributed by atoms with van der Waals surface area (Å²) in [7, 11) is -3.83. The van der Waals surface area contributed by atoms with Crippen LogP contribution in [-0.4, -0.2) is 50.0 Å². The molecule has 39 heavy (non-hydrogen) atoms. The molecule has 1 atom stereocenters. The van der Waals surface area contributed by atoms with Crippen molar-refractivity contribution in [1.29, 1.82) is 0 Å². The van der Waals surface area contributed by atoms with Crippen LogP contribution >= 0.6 is 23.2 Å². The third-order valence-electron chi connectivity index (χ3n) is 6.10. The van der Waals surface area contributed by atoms with E-state index in [4.69, 9.17) is 23.2 Å². The summed E-state index contributed by atoms with van der Waals surface area (Å²) in [5, 5.41) is 3.59. The van der Waals surface area contributed by atoms with Gasteiger partial charge in [-0.3, -0.25) is 13.9 Å². The van der Waals surface area contributed by atoms with Crippen LogP contribution in [0.25, 0.3) is 0 Å². The van der Waals surface area contributed by atoms with Gasteiger partial charge >= 0.3 is 0 Å². The van der Waals surface area contributed by atoms with Crippen molar-refractivity contribution in [2.45, 2.75) is 45.8 Å². The lowest BCUT2D eigenvalue weighted by atomic mass is 10.0. The molecule has 3 aromatic carbocycles. The molecule has 0 aliphatic carbocycles. The van der Waals surface area contributed by atoms with Gasteiger partial charge in [0.2, 0.25) is 21.8 Å². The lowest BCUT2D eigenvalue weighted by Crippen LogP contribution is -2.54. The minimum Gasteiger partial charge on any atom is -0.352 e. The Balaban J connectivity index is 2.08. The molecule has 0 saturated heterocycles. The van der Waals surface area contributed by atoms with Crippen LogP contribution in [0.2, 0.25) is 10.0 Å². The molecule has 7 nitrogen and oxygen atoms in total. The molecule has 0 heterocycles.